The second kappa shape index (κ2) is 5.90. The number of hydrogen-bond donors (Lipinski definition) is 2. The van der Waals surface area contributed by atoms with Crippen LogP contribution >= 0.6 is 0 Å². The van der Waals surface area contributed by atoms with E-state index in [2.05, 4.69) is 0 Å². The molecule has 0 fully saturated rings. The van der Waals surface area contributed by atoms with E-state index in [1.165, 1.54) is 12.1 Å². The van der Waals surface area contributed by atoms with Gasteiger partial charge in [0.1, 0.15) is 17.1 Å². The van der Waals surface area contributed by atoms with Crippen molar-refractivity contribution in [3.05, 3.63) is 23.3 Å². The van der Waals surface area contributed by atoms with Crippen LogP contribution in [0.2, 0.25) is 0 Å². The number of carboxylic acid groups (broad SMARTS) is 2. The lowest BCUT2D eigenvalue weighted by atomic mass is 10.1. The van der Waals surface area contributed by atoms with Crippen LogP contribution in [0.5, 0.6) is 11.5 Å². The number of ether oxygens (including phenoxy) is 2. The first-order valence-electron chi connectivity index (χ1n) is 5.41. The first kappa shape index (κ1) is 13.8. The quantitative estimate of drug-likeness (QED) is 0.805. The summed E-state index contributed by atoms with van der Waals surface area (Å²) in [7, 11) is 0. The van der Waals surface area contributed by atoms with E-state index in [4.69, 9.17) is 19.7 Å². The molecule has 1 aromatic carbocycles. The van der Waals surface area contributed by atoms with Gasteiger partial charge in [0.05, 0.1) is 18.8 Å². The zero-order valence-corrected chi connectivity index (χ0v) is 10.1. The van der Waals surface area contributed by atoms with Crippen LogP contribution in [0.1, 0.15) is 34.6 Å². The van der Waals surface area contributed by atoms with Gasteiger partial charge in [-0.1, -0.05) is 0 Å². The minimum Gasteiger partial charge on any atom is -0.493 e. The molecule has 0 spiro atoms. The second-order valence-electron chi connectivity index (χ2n) is 3.32. The maximum absolute atomic E-state index is 11.2. The summed E-state index contributed by atoms with van der Waals surface area (Å²) in [4.78, 5) is 22.1. The van der Waals surface area contributed by atoms with Gasteiger partial charge in [-0.15, -0.1) is 0 Å². The van der Waals surface area contributed by atoms with Crippen LogP contribution in [-0.4, -0.2) is 35.4 Å². The smallest absolute Gasteiger partial charge is 0.343 e. The highest BCUT2D eigenvalue weighted by atomic mass is 16.5. The molecule has 2 N–H and O–H groups in total. The highest BCUT2D eigenvalue weighted by Crippen LogP contribution is 2.31. The van der Waals surface area contributed by atoms with E-state index in [9.17, 15) is 9.59 Å². The Bertz CT molecular complexity index is 439. The van der Waals surface area contributed by atoms with Crippen LogP contribution < -0.4 is 9.47 Å². The first-order chi connectivity index (χ1) is 8.51. The lowest BCUT2D eigenvalue weighted by Crippen LogP contribution is -2.09. The standard InChI is InChI=1S/C12H14O6/c1-3-17-8-5-7(11(13)14)6-9(18-4-2)10(8)12(15)16/h5-6H,3-4H2,1-2H3,(H,13,14)(H,15,16). The summed E-state index contributed by atoms with van der Waals surface area (Å²) in [5, 5.41) is 18.1. The van der Waals surface area contributed by atoms with Crippen LogP contribution in [0.3, 0.4) is 0 Å². The van der Waals surface area contributed by atoms with Crippen LogP contribution in [0.4, 0.5) is 0 Å². The van der Waals surface area contributed by atoms with Gasteiger partial charge in [0, 0.05) is 0 Å². The molecule has 0 heterocycles. The van der Waals surface area contributed by atoms with Crippen molar-refractivity contribution in [2.45, 2.75) is 13.8 Å². The zero-order valence-electron chi connectivity index (χ0n) is 10.1. The summed E-state index contributed by atoms with van der Waals surface area (Å²) in [6, 6.07) is 2.36. The third-order valence-electron chi connectivity index (χ3n) is 2.13. The Morgan fingerprint density at radius 3 is 1.72 bits per heavy atom. The predicted molar refractivity (Wildman–Crippen MR) is 62.7 cm³/mol. The Balaban J connectivity index is 3.43. The fourth-order valence-corrected chi connectivity index (χ4v) is 1.46. The molecule has 0 aromatic heterocycles. The lowest BCUT2D eigenvalue weighted by molar-refractivity contribution is 0.0672. The summed E-state index contributed by atoms with van der Waals surface area (Å²) in [6.45, 7) is 3.82. The van der Waals surface area contributed by atoms with E-state index in [0.29, 0.717) is 0 Å². The van der Waals surface area contributed by atoms with Gasteiger partial charge in [-0.2, -0.15) is 0 Å². The molecule has 18 heavy (non-hydrogen) atoms. The van der Waals surface area contributed by atoms with Crippen molar-refractivity contribution in [1.29, 1.82) is 0 Å². The molecule has 0 amide bonds. The fourth-order valence-electron chi connectivity index (χ4n) is 1.46. The Morgan fingerprint density at radius 2 is 1.44 bits per heavy atom. The number of benzene rings is 1. The maximum atomic E-state index is 11.2. The minimum absolute atomic E-state index is 0.00616. The summed E-state index contributed by atoms with van der Waals surface area (Å²) < 4.78 is 10.3. The maximum Gasteiger partial charge on any atom is 0.343 e. The van der Waals surface area contributed by atoms with Gasteiger partial charge in [0.2, 0.25) is 0 Å². The average Bonchev–Trinajstić information content (AvgIpc) is 2.28. The van der Waals surface area contributed by atoms with Crippen LogP contribution in [0.25, 0.3) is 0 Å². The van der Waals surface area contributed by atoms with Crippen molar-refractivity contribution in [1.82, 2.24) is 0 Å². The van der Waals surface area contributed by atoms with Crippen molar-refractivity contribution < 1.29 is 29.3 Å². The molecule has 0 bridgehead atoms. The molecule has 0 saturated carbocycles. The molecule has 0 radical (unpaired) electrons. The molecule has 6 heteroatoms. The first-order valence-corrected chi connectivity index (χ1v) is 5.41. The third-order valence-corrected chi connectivity index (χ3v) is 2.13. The molecule has 0 aliphatic carbocycles. The van der Waals surface area contributed by atoms with Gasteiger partial charge in [-0.3, -0.25) is 0 Å². The van der Waals surface area contributed by atoms with Gasteiger partial charge < -0.3 is 19.7 Å². The molecular weight excluding hydrogens is 240 g/mol. The van der Waals surface area contributed by atoms with Gasteiger partial charge in [0.25, 0.3) is 0 Å². The summed E-state index contributed by atoms with van der Waals surface area (Å²) in [5.41, 5.74) is -0.240. The number of carbonyl (C=O) groups is 2. The van der Waals surface area contributed by atoms with E-state index in [0.717, 1.165) is 0 Å². The molecule has 0 saturated heterocycles. The van der Waals surface area contributed by atoms with Crippen LogP contribution in [0, 0.1) is 0 Å². The van der Waals surface area contributed by atoms with Crippen molar-refractivity contribution in [2.24, 2.45) is 0 Å². The van der Waals surface area contributed by atoms with Crippen molar-refractivity contribution in [3.63, 3.8) is 0 Å². The third kappa shape index (κ3) is 2.91. The topological polar surface area (TPSA) is 93.1 Å². The molecule has 1 aromatic rings. The average molecular weight is 254 g/mol. The van der Waals surface area contributed by atoms with Gasteiger partial charge in [-0.05, 0) is 26.0 Å². The van der Waals surface area contributed by atoms with Gasteiger partial charge in [-0.25, -0.2) is 9.59 Å². The monoisotopic (exact) mass is 254 g/mol. The number of hydrogen-bond acceptors (Lipinski definition) is 4. The van der Waals surface area contributed by atoms with Gasteiger partial charge >= 0.3 is 11.9 Å². The van der Waals surface area contributed by atoms with E-state index in [1.807, 2.05) is 0 Å². The summed E-state index contributed by atoms with van der Waals surface area (Å²) >= 11 is 0. The van der Waals surface area contributed by atoms with E-state index >= 15 is 0 Å². The molecule has 0 aliphatic rings. The number of rotatable bonds is 6. The Kier molecular flexibility index (Phi) is 4.53. The molecule has 0 aliphatic heterocycles. The van der Waals surface area contributed by atoms with Gasteiger partial charge in [0.15, 0.2) is 0 Å². The van der Waals surface area contributed by atoms with E-state index in [-0.39, 0.29) is 35.8 Å². The Hall–Kier alpha value is -2.24. The van der Waals surface area contributed by atoms with Crippen LogP contribution in [-0.2, 0) is 0 Å². The molecular formula is C12H14O6. The van der Waals surface area contributed by atoms with Crippen molar-refractivity contribution in [2.75, 3.05) is 13.2 Å². The number of carboxylic acids is 2. The fraction of sp³-hybridized carbons (Fsp3) is 0.333. The van der Waals surface area contributed by atoms with Crippen molar-refractivity contribution >= 4 is 11.9 Å². The molecule has 0 atom stereocenters. The van der Waals surface area contributed by atoms with Crippen molar-refractivity contribution in [3.8, 4) is 11.5 Å². The molecule has 98 valence electrons. The zero-order chi connectivity index (χ0) is 13.7. The minimum atomic E-state index is -1.22. The summed E-state index contributed by atoms with van der Waals surface area (Å²) in [5.74, 6) is -2.41. The largest absolute Gasteiger partial charge is 0.493 e. The number of aromatic carboxylic acids is 2. The predicted octanol–water partition coefficient (Wildman–Crippen LogP) is 1.88. The Morgan fingerprint density at radius 1 is 1.00 bits per heavy atom. The van der Waals surface area contributed by atoms with E-state index < -0.39 is 11.9 Å². The molecule has 6 nitrogen and oxygen atoms in total. The second-order valence-corrected chi connectivity index (χ2v) is 3.32. The normalized spacial score (nSPS) is 9.89. The van der Waals surface area contributed by atoms with Crippen LogP contribution in [0.15, 0.2) is 12.1 Å². The highest BCUT2D eigenvalue weighted by molar-refractivity contribution is 5.97. The Labute approximate surface area is 104 Å². The summed E-state index contributed by atoms with van der Waals surface area (Å²) in [6.07, 6.45) is 0. The lowest BCUT2D eigenvalue weighted by Gasteiger charge is -2.13. The van der Waals surface area contributed by atoms with E-state index in [1.54, 1.807) is 13.8 Å². The SMILES string of the molecule is CCOc1cc(C(=O)O)cc(OCC)c1C(=O)O. The molecule has 0 unspecified atom stereocenters. The molecule has 1 rings (SSSR count). The highest BCUT2D eigenvalue weighted by Gasteiger charge is 2.21.